The van der Waals surface area contributed by atoms with Gasteiger partial charge in [-0.3, -0.25) is 4.79 Å². The molecule has 0 fully saturated rings. The van der Waals surface area contributed by atoms with Crippen LogP contribution in [0.4, 0.5) is 0 Å². The van der Waals surface area contributed by atoms with Crippen LogP contribution in [0.15, 0.2) is 24.3 Å². The predicted octanol–water partition coefficient (Wildman–Crippen LogP) is 1.60. The van der Waals surface area contributed by atoms with E-state index in [9.17, 15) is 18.0 Å². The van der Waals surface area contributed by atoms with Crippen LogP contribution in [-0.2, 0) is 20.0 Å². The first-order valence-electron chi connectivity index (χ1n) is 7.22. The predicted molar refractivity (Wildman–Crippen MR) is 88.4 cm³/mol. The zero-order valence-corrected chi connectivity index (χ0v) is 14.6. The van der Waals surface area contributed by atoms with Crippen LogP contribution in [0.2, 0.25) is 0 Å². The van der Waals surface area contributed by atoms with Crippen molar-refractivity contribution >= 4 is 21.7 Å². The molecule has 0 spiro atoms. The summed E-state index contributed by atoms with van der Waals surface area (Å²) in [6.45, 7) is 6.15. The summed E-state index contributed by atoms with van der Waals surface area (Å²) in [5.41, 5.74) is 1.35. The summed E-state index contributed by atoms with van der Waals surface area (Å²) >= 11 is 0. The Labute approximate surface area is 136 Å². The maximum atomic E-state index is 12.1. The van der Waals surface area contributed by atoms with E-state index in [0.29, 0.717) is 5.56 Å². The van der Waals surface area contributed by atoms with Gasteiger partial charge in [0.2, 0.25) is 0 Å². The molecule has 0 aliphatic heterocycles. The van der Waals surface area contributed by atoms with E-state index in [4.69, 9.17) is 5.11 Å². The van der Waals surface area contributed by atoms with Gasteiger partial charge >= 0.3 is 5.97 Å². The highest BCUT2D eigenvalue weighted by Gasteiger charge is 2.22. The van der Waals surface area contributed by atoms with E-state index >= 15 is 0 Å². The Morgan fingerprint density at radius 2 is 1.70 bits per heavy atom. The van der Waals surface area contributed by atoms with E-state index in [2.05, 4.69) is 5.32 Å². The van der Waals surface area contributed by atoms with E-state index in [0.717, 1.165) is 11.8 Å². The Morgan fingerprint density at radius 3 is 2.09 bits per heavy atom. The Kier molecular flexibility index (Phi) is 5.93. The van der Waals surface area contributed by atoms with Crippen molar-refractivity contribution in [2.75, 3.05) is 12.0 Å². The number of carbonyl (C=O) groups excluding carboxylic acids is 1. The van der Waals surface area contributed by atoms with E-state index in [1.54, 1.807) is 12.1 Å². The molecule has 7 heteroatoms. The van der Waals surface area contributed by atoms with Crippen LogP contribution in [0.3, 0.4) is 0 Å². The maximum Gasteiger partial charge on any atom is 0.326 e. The van der Waals surface area contributed by atoms with Gasteiger partial charge in [0, 0.05) is 11.8 Å². The van der Waals surface area contributed by atoms with Crippen molar-refractivity contribution in [1.29, 1.82) is 0 Å². The molecule has 1 aromatic carbocycles. The molecule has 0 unspecified atom stereocenters. The summed E-state index contributed by atoms with van der Waals surface area (Å²) in [4.78, 5) is 23.3. The van der Waals surface area contributed by atoms with E-state index in [1.165, 1.54) is 0 Å². The number of aliphatic carboxylic acids is 1. The fourth-order valence-corrected chi connectivity index (χ4v) is 2.62. The van der Waals surface area contributed by atoms with Crippen molar-refractivity contribution in [3.05, 3.63) is 35.4 Å². The first kappa shape index (κ1) is 19.2. The van der Waals surface area contributed by atoms with Crippen molar-refractivity contribution in [1.82, 2.24) is 5.32 Å². The monoisotopic (exact) mass is 341 g/mol. The molecule has 1 rings (SSSR count). The second-order valence-electron chi connectivity index (χ2n) is 6.61. The van der Waals surface area contributed by atoms with Gasteiger partial charge in [-0.1, -0.05) is 32.9 Å². The van der Waals surface area contributed by atoms with Gasteiger partial charge in [-0.05, 0) is 29.5 Å². The number of carbonyl (C=O) groups is 2. The molecule has 0 bridgehead atoms. The normalized spacial score (nSPS) is 13.4. The average molecular weight is 341 g/mol. The fourth-order valence-electron chi connectivity index (χ4n) is 1.95. The molecule has 0 aliphatic carbocycles. The smallest absolute Gasteiger partial charge is 0.326 e. The largest absolute Gasteiger partial charge is 0.480 e. The van der Waals surface area contributed by atoms with Crippen LogP contribution in [0.5, 0.6) is 0 Å². The van der Waals surface area contributed by atoms with E-state index < -0.39 is 27.8 Å². The van der Waals surface area contributed by atoms with Gasteiger partial charge in [0.05, 0.1) is 5.75 Å². The number of hydrogen-bond donors (Lipinski definition) is 2. The van der Waals surface area contributed by atoms with E-state index in [1.807, 2.05) is 32.9 Å². The number of amides is 1. The first-order chi connectivity index (χ1) is 10.4. The molecule has 1 amide bonds. The molecule has 0 heterocycles. The highest BCUT2D eigenvalue weighted by Crippen LogP contribution is 2.22. The van der Waals surface area contributed by atoms with Crippen LogP contribution in [-0.4, -0.2) is 43.5 Å². The van der Waals surface area contributed by atoms with Crippen molar-refractivity contribution in [2.24, 2.45) is 0 Å². The quantitative estimate of drug-likeness (QED) is 0.818. The molecule has 128 valence electrons. The lowest BCUT2D eigenvalue weighted by atomic mass is 9.86. The van der Waals surface area contributed by atoms with Gasteiger partial charge in [-0.25, -0.2) is 13.2 Å². The van der Waals surface area contributed by atoms with Gasteiger partial charge in [0.1, 0.15) is 15.9 Å². The van der Waals surface area contributed by atoms with Gasteiger partial charge < -0.3 is 10.4 Å². The number of benzene rings is 1. The number of nitrogens with one attached hydrogen (secondary N) is 1. The van der Waals surface area contributed by atoms with Crippen LogP contribution in [0, 0.1) is 0 Å². The molecule has 0 aromatic heterocycles. The standard InChI is InChI=1S/C16H23NO5S/c1-16(2,3)12-7-5-11(6-8-12)14(18)17-13(15(19)20)9-10-23(4,21)22/h5-8,13H,9-10H2,1-4H3,(H,17,18)(H,19,20)/t13-/m1/s1. The Morgan fingerprint density at radius 1 is 1.17 bits per heavy atom. The highest BCUT2D eigenvalue weighted by atomic mass is 32.2. The molecule has 0 saturated carbocycles. The molecule has 2 N–H and O–H groups in total. The summed E-state index contributed by atoms with van der Waals surface area (Å²) in [5, 5.41) is 11.5. The van der Waals surface area contributed by atoms with Crippen LogP contribution in [0.1, 0.15) is 43.1 Å². The summed E-state index contributed by atoms with van der Waals surface area (Å²) < 4.78 is 22.3. The SMILES string of the molecule is CC(C)(C)c1ccc(C(=O)N[C@H](CCS(C)(=O)=O)C(=O)O)cc1. The summed E-state index contributed by atoms with van der Waals surface area (Å²) in [7, 11) is -3.29. The van der Waals surface area contributed by atoms with Gasteiger partial charge in [0.15, 0.2) is 0 Å². The lowest BCUT2D eigenvalue weighted by Crippen LogP contribution is -2.41. The number of carboxylic acid groups (broad SMARTS) is 1. The topological polar surface area (TPSA) is 101 Å². The maximum absolute atomic E-state index is 12.1. The zero-order valence-electron chi connectivity index (χ0n) is 13.8. The Bertz CT molecular complexity index is 671. The summed E-state index contributed by atoms with van der Waals surface area (Å²) in [5.74, 6) is -2.09. The third-order valence-electron chi connectivity index (χ3n) is 3.39. The third kappa shape index (κ3) is 6.40. The minimum absolute atomic E-state index is 0.0475. The van der Waals surface area contributed by atoms with Crippen molar-refractivity contribution in [3.8, 4) is 0 Å². The van der Waals surface area contributed by atoms with Crippen molar-refractivity contribution < 1.29 is 23.1 Å². The second kappa shape index (κ2) is 7.12. The van der Waals surface area contributed by atoms with Crippen LogP contribution >= 0.6 is 0 Å². The first-order valence-corrected chi connectivity index (χ1v) is 9.28. The minimum Gasteiger partial charge on any atom is -0.480 e. The second-order valence-corrected chi connectivity index (χ2v) is 8.87. The van der Waals surface area contributed by atoms with Crippen molar-refractivity contribution in [3.63, 3.8) is 0 Å². The molecule has 0 aliphatic rings. The lowest BCUT2D eigenvalue weighted by molar-refractivity contribution is -0.139. The number of rotatable bonds is 6. The Balaban J connectivity index is 2.81. The summed E-state index contributed by atoms with van der Waals surface area (Å²) in [6.07, 6.45) is 0.860. The molecular weight excluding hydrogens is 318 g/mol. The summed E-state index contributed by atoms with van der Waals surface area (Å²) in [6, 6.07) is 5.67. The fraction of sp³-hybridized carbons (Fsp3) is 0.500. The van der Waals surface area contributed by atoms with E-state index in [-0.39, 0.29) is 17.6 Å². The molecule has 1 atom stereocenters. The van der Waals surface area contributed by atoms with Gasteiger partial charge in [-0.2, -0.15) is 0 Å². The highest BCUT2D eigenvalue weighted by molar-refractivity contribution is 7.90. The molecule has 23 heavy (non-hydrogen) atoms. The number of hydrogen-bond acceptors (Lipinski definition) is 4. The molecule has 0 radical (unpaired) electrons. The van der Waals surface area contributed by atoms with Crippen LogP contribution < -0.4 is 5.32 Å². The molecule has 0 saturated heterocycles. The lowest BCUT2D eigenvalue weighted by Gasteiger charge is -2.19. The minimum atomic E-state index is -3.29. The number of carboxylic acids is 1. The van der Waals surface area contributed by atoms with Gasteiger partial charge in [-0.15, -0.1) is 0 Å². The number of sulfone groups is 1. The zero-order chi connectivity index (χ0) is 17.8. The molecular formula is C16H23NO5S. The average Bonchev–Trinajstić information content (AvgIpc) is 2.41. The Hall–Kier alpha value is -1.89. The van der Waals surface area contributed by atoms with Crippen molar-refractivity contribution in [2.45, 2.75) is 38.6 Å². The molecule has 1 aromatic rings. The third-order valence-corrected chi connectivity index (χ3v) is 4.37. The molecule has 6 nitrogen and oxygen atoms in total. The van der Waals surface area contributed by atoms with Crippen LogP contribution in [0.25, 0.3) is 0 Å². The van der Waals surface area contributed by atoms with Gasteiger partial charge in [0.25, 0.3) is 5.91 Å².